The van der Waals surface area contributed by atoms with E-state index in [9.17, 15) is 14.4 Å². The van der Waals surface area contributed by atoms with Crippen LogP contribution in [-0.4, -0.2) is 93.7 Å². The molecule has 0 unspecified atom stereocenters. The standard InChI is InChI=1S/C27H32N2O8/c1-33-8-9-34-10-11-35-12-13-36-25(31)23-14-22(17-28-18-23)20-2-3-21-16-27(37-26(32)24(21)15-20)4-6-29(19-30)7-5-27/h2-3,14-15,17-19H,4-13,16H2,1H3. The zero-order chi connectivity index (χ0) is 26.1. The lowest BCUT2D eigenvalue weighted by atomic mass is 9.81. The Kier molecular flexibility index (Phi) is 9.21. The molecule has 1 spiro atoms. The Hall–Kier alpha value is -3.34. The molecule has 2 aromatic rings. The summed E-state index contributed by atoms with van der Waals surface area (Å²) in [5.74, 6) is -0.870. The van der Waals surface area contributed by atoms with Gasteiger partial charge in [-0.05, 0) is 23.3 Å². The van der Waals surface area contributed by atoms with Crippen LogP contribution < -0.4 is 0 Å². The van der Waals surface area contributed by atoms with E-state index in [1.165, 1.54) is 6.20 Å². The molecule has 1 fully saturated rings. The van der Waals surface area contributed by atoms with Crippen molar-refractivity contribution in [1.82, 2.24) is 9.88 Å². The first kappa shape index (κ1) is 26.7. The van der Waals surface area contributed by atoms with Crippen LogP contribution in [0, 0.1) is 0 Å². The zero-order valence-corrected chi connectivity index (χ0v) is 21.0. The van der Waals surface area contributed by atoms with E-state index in [4.69, 9.17) is 23.7 Å². The smallest absolute Gasteiger partial charge is 0.339 e. The van der Waals surface area contributed by atoms with Crippen molar-refractivity contribution in [1.29, 1.82) is 0 Å². The van der Waals surface area contributed by atoms with E-state index in [2.05, 4.69) is 4.98 Å². The topological polar surface area (TPSA) is 113 Å². The monoisotopic (exact) mass is 512 g/mol. The molecule has 4 rings (SSSR count). The summed E-state index contributed by atoms with van der Waals surface area (Å²) in [6.07, 6.45) is 5.78. The average molecular weight is 513 g/mol. The molecule has 0 bridgehead atoms. The second-order valence-corrected chi connectivity index (χ2v) is 9.08. The number of piperidine rings is 1. The number of ether oxygens (including phenoxy) is 5. The molecule has 0 saturated carbocycles. The second-order valence-electron chi connectivity index (χ2n) is 9.08. The number of pyridine rings is 1. The summed E-state index contributed by atoms with van der Waals surface area (Å²) in [6.45, 7) is 3.40. The Balaban J connectivity index is 1.33. The minimum Gasteiger partial charge on any atom is -0.460 e. The fourth-order valence-electron chi connectivity index (χ4n) is 4.50. The van der Waals surface area contributed by atoms with Crippen molar-refractivity contribution in [3.63, 3.8) is 0 Å². The number of fused-ring (bicyclic) bond motifs is 1. The van der Waals surface area contributed by atoms with E-state index < -0.39 is 11.6 Å². The fraction of sp³-hybridized carbons (Fsp3) is 0.481. The number of amides is 1. The number of methoxy groups -OCH3 is 1. The van der Waals surface area contributed by atoms with Crippen molar-refractivity contribution in [2.45, 2.75) is 24.9 Å². The minimum absolute atomic E-state index is 0.109. The van der Waals surface area contributed by atoms with Gasteiger partial charge in [-0.25, -0.2) is 9.59 Å². The summed E-state index contributed by atoms with van der Waals surface area (Å²) in [5.41, 5.74) is 2.62. The first-order valence-corrected chi connectivity index (χ1v) is 12.4. The number of hydrogen-bond donors (Lipinski definition) is 0. The first-order valence-electron chi connectivity index (χ1n) is 12.4. The number of rotatable bonds is 12. The highest BCUT2D eigenvalue weighted by Crippen LogP contribution is 2.37. The SMILES string of the molecule is COCCOCCOCCOC(=O)c1cncc(-c2ccc3c(c2)C(=O)OC2(CCN(C=O)CC2)C3)c1. The molecule has 1 saturated heterocycles. The predicted octanol–water partition coefficient (Wildman–Crippen LogP) is 2.29. The van der Waals surface area contributed by atoms with Gasteiger partial charge in [-0.2, -0.15) is 0 Å². The molecule has 198 valence electrons. The Morgan fingerprint density at radius 1 is 1.03 bits per heavy atom. The molecule has 10 nitrogen and oxygen atoms in total. The van der Waals surface area contributed by atoms with Crippen molar-refractivity contribution in [3.8, 4) is 11.1 Å². The highest BCUT2D eigenvalue weighted by molar-refractivity contribution is 5.95. The van der Waals surface area contributed by atoms with Gasteiger partial charge in [0, 0.05) is 57.4 Å². The third-order valence-corrected chi connectivity index (χ3v) is 6.58. The first-order chi connectivity index (χ1) is 18.0. The number of nitrogens with zero attached hydrogens (tertiary/aromatic N) is 2. The van der Waals surface area contributed by atoms with Crippen molar-refractivity contribution in [3.05, 3.63) is 53.3 Å². The lowest BCUT2D eigenvalue weighted by Crippen LogP contribution is -2.50. The molecule has 0 atom stereocenters. The lowest BCUT2D eigenvalue weighted by Gasteiger charge is -2.42. The molecular formula is C27H32N2O8. The number of likely N-dealkylation sites (tertiary alicyclic amines) is 1. The quantitative estimate of drug-likeness (QED) is 0.240. The lowest BCUT2D eigenvalue weighted by molar-refractivity contribution is -0.122. The van der Waals surface area contributed by atoms with Gasteiger partial charge in [0.15, 0.2) is 0 Å². The van der Waals surface area contributed by atoms with Gasteiger partial charge in [-0.1, -0.05) is 12.1 Å². The van der Waals surface area contributed by atoms with Crippen molar-refractivity contribution in [2.24, 2.45) is 0 Å². The fourth-order valence-corrected chi connectivity index (χ4v) is 4.50. The van der Waals surface area contributed by atoms with Crippen LogP contribution in [0.5, 0.6) is 0 Å². The molecule has 0 N–H and O–H groups in total. The summed E-state index contributed by atoms with van der Waals surface area (Å²) >= 11 is 0. The van der Waals surface area contributed by atoms with Gasteiger partial charge in [-0.15, -0.1) is 0 Å². The maximum absolute atomic E-state index is 12.9. The van der Waals surface area contributed by atoms with Crippen molar-refractivity contribution >= 4 is 18.3 Å². The minimum atomic E-state index is -0.558. The van der Waals surface area contributed by atoms with Crippen LogP contribution >= 0.6 is 0 Å². The van der Waals surface area contributed by atoms with E-state index in [1.54, 1.807) is 30.3 Å². The number of esters is 2. The molecular weight excluding hydrogens is 480 g/mol. The third-order valence-electron chi connectivity index (χ3n) is 6.58. The van der Waals surface area contributed by atoms with Gasteiger partial charge in [0.05, 0.1) is 44.2 Å². The summed E-state index contributed by atoms with van der Waals surface area (Å²) in [6, 6.07) is 7.31. The summed E-state index contributed by atoms with van der Waals surface area (Å²) in [4.78, 5) is 42.3. The summed E-state index contributed by atoms with van der Waals surface area (Å²) in [5, 5.41) is 0. The predicted molar refractivity (Wildman–Crippen MR) is 132 cm³/mol. The van der Waals surface area contributed by atoms with Gasteiger partial charge < -0.3 is 28.6 Å². The van der Waals surface area contributed by atoms with Crippen LogP contribution in [0.25, 0.3) is 11.1 Å². The normalized spacial score (nSPS) is 16.2. The number of aromatic nitrogens is 1. The van der Waals surface area contributed by atoms with Gasteiger partial charge in [-0.3, -0.25) is 9.78 Å². The highest BCUT2D eigenvalue weighted by atomic mass is 16.6. The van der Waals surface area contributed by atoms with Gasteiger partial charge >= 0.3 is 11.9 Å². The van der Waals surface area contributed by atoms with Gasteiger partial charge in [0.2, 0.25) is 6.41 Å². The number of hydrogen-bond acceptors (Lipinski definition) is 9. The van der Waals surface area contributed by atoms with E-state index >= 15 is 0 Å². The van der Waals surface area contributed by atoms with Crippen LogP contribution in [0.4, 0.5) is 0 Å². The third kappa shape index (κ3) is 6.91. The maximum atomic E-state index is 12.9. The Morgan fingerprint density at radius 2 is 1.76 bits per heavy atom. The van der Waals surface area contributed by atoms with E-state index in [0.29, 0.717) is 75.5 Å². The van der Waals surface area contributed by atoms with Crippen molar-refractivity contribution < 1.29 is 38.1 Å². The second kappa shape index (κ2) is 12.8. The van der Waals surface area contributed by atoms with Crippen LogP contribution in [0.15, 0.2) is 36.7 Å². The Bertz CT molecular complexity index is 1100. The van der Waals surface area contributed by atoms with E-state index in [0.717, 1.165) is 17.5 Å². The van der Waals surface area contributed by atoms with E-state index in [1.807, 2.05) is 12.1 Å². The van der Waals surface area contributed by atoms with Crippen molar-refractivity contribution in [2.75, 3.05) is 59.8 Å². The maximum Gasteiger partial charge on any atom is 0.339 e. The van der Waals surface area contributed by atoms with E-state index in [-0.39, 0.29) is 19.2 Å². The van der Waals surface area contributed by atoms with Gasteiger partial charge in [0.25, 0.3) is 0 Å². The molecule has 3 heterocycles. The highest BCUT2D eigenvalue weighted by Gasteiger charge is 2.42. The molecule has 10 heteroatoms. The van der Waals surface area contributed by atoms with Gasteiger partial charge in [0.1, 0.15) is 12.2 Å². The largest absolute Gasteiger partial charge is 0.460 e. The van der Waals surface area contributed by atoms with Crippen LogP contribution in [0.1, 0.15) is 39.1 Å². The molecule has 2 aliphatic rings. The molecule has 1 aromatic carbocycles. The zero-order valence-electron chi connectivity index (χ0n) is 21.0. The Morgan fingerprint density at radius 3 is 2.49 bits per heavy atom. The van der Waals surface area contributed by atoms with Crippen LogP contribution in [0.2, 0.25) is 0 Å². The number of carbonyl (C=O) groups is 3. The molecule has 1 amide bonds. The Labute approximate surface area is 215 Å². The van der Waals surface area contributed by atoms with Crippen LogP contribution in [0.3, 0.4) is 0 Å². The molecule has 37 heavy (non-hydrogen) atoms. The summed E-state index contributed by atoms with van der Waals surface area (Å²) in [7, 11) is 1.61. The molecule has 0 radical (unpaired) electrons. The number of carbonyl (C=O) groups excluding carboxylic acids is 3. The van der Waals surface area contributed by atoms with Crippen LogP contribution in [-0.2, 0) is 34.9 Å². The molecule has 2 aliphatic heterocycles. The molecule has 1 aromatic heterocycles. The number of benzene rings is 1. The average Bonchev–Trinajstić information content (AvgIpc) is 2.92. The molecule has 0 aliphatic carbocycles. The summed E-state index contributed by atoms with van der Waals surface area (Å²) < 4.78 is 26.7.